The first-order chi connectivity index (χ1) is 13.2. The van der Waals surface area contributed by atoms with Gasteiger partial charge in [-0.15, -0.1) is 0 Å². The number of hydrogen-bond acceptors (Lipinski definition) is 6. The molecule has 3 rings (SSSR count). The van der Waals surface area contributed by atoms with E-state index in [1.54, 1.807) is 18.3 Å². The van der Waals surface area contributed by atoms with Gasteiger partial charge in [0.05, 0.1) is 17.4 Å². The fraction of sp³-hybridized carbons (Fsp3) is 0.333. The molecule has 5 nitrogen and oxygen atoms in total. The third-order valence-electron chi connectivity index (χ3n) is 4.69. The Hall–Kier alpha value is -2.54. The average molecular weight is 399 g/mol. The molecule has 1 aromatic heterocycles. The third kappa shape index (κ3) is 4.30. The first kappa shape index (κ1) is 20.2. The van der Waals surface area contributed by atoms with Crippen molar-refractivity contribution in [2.75, 3.05) is 0 Å². The van der Waals surface area contributed by atoms with Gasteiger partial charge in [0.15, 0.2) is 11.0 Å². The summed E-state index contributed by atoms with van der Waals surface area (Å²) in [4.78, 5) is 26.4. The molecule has 0 spiro atoms. The van der Waals surface area contributed by atoms with Crippen LogP contribution in [0.25, 0.3) is 0 Å². The second-order valence-corrected chi connectivity index (χ2v) is 8.50. The molecule has 1 aliphatic rings. The van der Waals surface area contributed by atoms with Crippen LogP contribution in [0.4, 0.5) is 4.39 Å². The smallest absolute Gasteiger partial charge is 0.187 e. The van der Waals surface area contributed by atoms with Crippen LogP contribution < -0.4 is 5.73 Å². The molecule has 0 aliphatic carbocycles. The molecule has 0 radical (unpaired) electrons. The van der Waals surface area contributed by atoms with Crippen LogP contribution in [0.5, 0.6) is 0 Å². The second kappa shape index (κ2) is 7.83. The molecule has 1 aromatic carbocycles. The molecule has 0 bridgehead atoms. The van der Waals surface area contributed by atoms with Gasteiger partial charge in [0.1, 0.15) is 11.5 Å². The van der Waals surface area contributed by atoms with Crippen molar-refractivity contribution in [2.45, 2.75) is 46.1 Å². The molecule has 0 saturated heterocycles. The Kier molecular flexibility index (Phi) is 5.65. The Labute approximate surface area is 168 Å². The number of ketones is 1. The van der Waals surface area contributed by atoms with E-state index in [1.807, 2.05) is 27.7 Å². The van der Waals surface area contributed by atoms with E-state index in [4.69, 9.17) is 5.73 Å². The number of nitrogens with zero attached hydrogens (tertiary/aromatic N) is 3. The van der Waals surface area contributed by atoms with Crippen molar-refractivity contribution in [3.8, 4) is 0 Å². The number of halogens is 1. The van der Waals surface area contributed by atoms with Gasteiger partial charge < -0.3 is 5.73 Å². The van der Waals surface area contributed by atoms with Crippen LogP contribution in [0, 0.1) is 12.7 Å². The minimum absolute atomic E-state index is 0.116. The lowest BCUT2D eigenvalue weighted by molar-refractivity contribution is 0.0987. The number of Topliss-reactive ketones (excluding diaryl/α,β-unsaturated/α-hetero) is 1. The highest BCUT2D eigenvalue weighted by atomic mass is 32.2. The van der Waals surface area contributed by atoms with Crippen LogP contribution >= 0.6 is 11.8 Å². The summed E-state index contributed by atoms with van der Waals surface area (Å²) in [5.41, 5.74) is 8.53. The van der Waals surface area contributed by atoms with Crippen molar-refractivity contribution in [1.29, 1.82) is 0 Å². The first-order valence-corrected chi connectivity index (χ1v) is 9.80. The number of thioether (sulfide) groups is 1. The molecule has 2 N–H and O–H groups in total. The van der Waals surface area contributed by atoms with Crippen LogP contribution in [-0.4, -0.2) is 20.9 Å². The predicted octanol–water partition coefficient (Wildman–Crippen LogP) is 4.31. The molecule has 1 aliphatic heterocycles. The van der Waals surface area contributed by atoms with Gasteiger partial charge in [-0.1, -0.05) is 23.4 Å². The molecule has 0 saturated carbocycles. The summed E-state index contributed by atoms with van der Waals surface area (Å²) < 4.78 is 14.7. The Balaban J connectivity index is 1.93. The SMILES string of the molecule is CC(C)=C1C[C@@](C)(c2cc(CC(=O)c3cnc(C)cn3)ccc2F)N=C(N)S1. The zero-order valence-electron chi connectivity index (χ0n) is 16.4. The van der Waals surface area contributed by atoms with Crippen LogP contribution in [0.3, 0.4) is 0 Å². The monoisotopic (exact) mass is 398 g/mol. The van der Waals surface area contributed by atoms with Gasteiger partial charge in [0.25, 0.3) is 0 Å². The molecule has 28 heavy (non-hydrogen) atoms. The summed E-state index contributed by atoms with van der Waals surface area (Å²) in [6.45, 7) is 7.70. The van der Waals surface area contributed by atoms with Crippen molar-refractivity contribution in [3.05, 3.63) is 69.4 Å². The molecule has 0 amide bonds. The lowest BCUT2D eigenvalue weighted by Gasteiger charge is -2.32. The van der Waals surface area contributed by atoms with E-state index >= 15 is 0 Å². The number of rotatable bonds is 4. The highest BCUT2D eigenvalue weighted by Crippen LogP contribution is 2.43. The highest BCUT2D eigenvalue weighted by Gasteiger charge is 2.35. The zero-order chi connectivity index (χ0) is 20.5. The van der Waals surface area contributed by atoms with Crippen molar-refractivity contribution in [2.24, 2.45) is 10.7 Å². The molecule has 7 heteroatoms. The van der Waals surface area contributed by atoms with E-state index < -0.39 is 5.54 Å². The lowest BCUT2D eigenvalue weighted by Crippen LogP contribution is -2.29. The number of aryl methyl sites for hydroxylation is 1. The summed E-state index contributed by atoms with van der Waals surface area (Å²) in [6, 6.07) is 4.72. The van der Waals surface area contributed by atoms with Gasteiger partial charge in [-0.3, -0.25) is 14.8 Å². The number of aliphatic imine (C=N–C) groups is 1. The Bertz CT molecular complexity index is 980. The maximum Gasteiger partial charge on any atom is 0.187 e. The molecule has 1 atom stereocenters. The van der Waals surface area contributed by atoms with Gasteiger partial charge in [-0.05, 0) is 50.3 Å². The molecular weight excluding hydrogens is 375 g/mol. The first-order valence-electron chi connectivity index (χ1n) is 8.98. The number of hydrogen-bond donors (Lipinski definition) is 1. The number of carbonyl (C=O) groups is 1. The zero-order valence-corrected chi connectivity index (χ0v) is 17.2. The Morgan fingerprint density at radius 3 is 2.68 bits per heavy atom. The summed E-state index contributed by atoms with van der Waals surface area (Å²) in [6.07, 6.45) is 3.71. The number of aromatic nitrogens is 2. The summed E-state index contributed by atoms with van der Waals surface area (Å²) >= 11 is 1.43. The van der Waals surface area contributed by atoms with E-state index in [9.17, 15) is 9.18 Å². The number of benzene rings is 1. The van der Waals surface area contributed by atoms with Crippen LogP contribution in [0.15, 0.2) is 46.1 Å². The molecule has 2 heterocycles. The van der Waals surface area contributed by atoms with E-state index in [2.05, 4.69) is 15.0 Å². The topological polar surface area (TPSA) is 81.2 Å². The fourth-order valence-electron chi connectivity index (χ4n) is 3.12. The van der Waals surface area contributed by atoms with Crippen LogP contribution in [-0.2, 0) is 12.0 Å². The van der Waals surface area contributed by atoms with Crippen molar-refractivity contribution < 1.29 is 9.18 Å². The molecule has 146 valence electrons. The second-order valence-electron chi connectivity index (χ2n) is 7.38. The van der Waals surface area contributed by atoms with Gasteiger partial charge in [0.2, 0.25) is 0 Å². The lowest BCUT2D eigenvalue weighted by atomic mass is 9.86. The van der Waals surface area contributed by atoms with Crippen LogP contribution in [0.2, 0.25) is 0 Å². The predicted molar refractivity (Wildman–Crippen MR) is 111 cm³/mol. The summed E-state index contributed by atoms with van der Waals surface area (Å²) in [5, 5.41) is 0.417. The van der Waals surface area contributed by atoms with Gasteiger partial charge in [-0.25, -0.2) is 9.37 Å². The number of amidine groups is 1. The Morgan fingerprint density at radius 1 is 1.29 bits per heavy atom. The summed E-state index contributed by atoms with van der Waals surface area (Å²) in [7, 11) is 0. The molecular formula is C21H23FN4OS. The van der Waals surface area contributed by atoms with Crippen molar-refractivity contribution in [1.82, 2.24) is 9.97 Å². The van der Waals surface area contributed by atoms with Crippen LogP contribution in [0.1, 0.15) is 54.5 Å². The highest BCUT2D eigenvalue weighted by molar-refractivity contribution is 8.17. The quantitative estimate of drug-likeness (QED) is 0.776. The van der Waals surface area contributed by atoms with Crippen molar-refractivity contribution in [3.63, 3.8) is 0 Å². The number of nitrogens with two attached hydrogens (primary N) is 1. The third-order valence-corrected chi connectivity index (χ3v) is 5.79. The van der Waals surface area contributed by atoms with E-state index in [0.717, 1.165) is 16.2 Å². The average Bonchev–Trinajstić information content (AvgIpc) is 2.63. The standard InChI is InChI=1S/C21H23FN4OS/c1-12(2)19-9-21(4,26-20(23)28-19)15-7-14(5-6-16(15)22)8-18(27)17-11-24-13(3)10-25-17/h5-7,10-11H,8-9H2,1-4H3,(H2,23,26)/t21-/m0/s1. The van der Waals surface area contributed by atoms with E-state index in [1.165, 1.54) is 24.0 Å². The number of carbonyl (C=O) groups excluding carboxylic acids is 1. The van der Waals surface area contributed by atoms with Gasteiger partial charge in [-0.2, -0.15) is 0 Å². The molecule has 0 fully saturated rings. The van der Waals surface area contributed by atoms with E-state index in [-0.39, 0.29) is 18.0 Å². The minimum Gasteiger partial charge on any atom is -0.378 e. The van der Waals surface area contributed by atoms with Gasteiger partial charge >= 0.3 is 0 Å². The van der Waals surface area contributed by atoms with E-state index in [0.29, 0.717) is 28.4 Å². The molecule has 0 unspecified atom stereocenters. The summed E-state index contributed by atoms with van der Waals surface area (Å²) in [5.74, 6) is -0.521. The van der Waals surface area contributed by atoms with Crippen molar-refractivity contribution >= 4 is 22.7 Å². The molecule has 2 aromatic rings. The minimum atomic E-state index is -0.811. The largest absolute Gasteiger partial charge is 0.378 e. The van der Waals surface area contributed by atoms with Gasteiger partial charge in [0, 0.05) is 24.6 Å². The maximum atomic E-state index is 14.7. The fourth-order valence-corrected chi connectivity index (χ4v) is 4.18. The number of allylic oxidation sites excluding steroid dienone is 1. The maximum absolute atomic E-state index is 14.7. The Morgan fingerprint density at radius 2 is 2.04 bits per heavy atom. The normalized spacial score (nSPS) is 19.3.